The number of nitrogens with zero attached hydrogens (tertiary/aromatic N) is 1. The van der Waals surface area contributed by atoms with Crippen molar-refractivity contribution in [2.75, 3.05) is 0 Å². The summed E-state index contributed by atoms with van der Waals surface area (Å²) in [5.74, 6) is -0.279. The van der Waals surface area contributed by atoms with Crippen LogP contribution in [0.2, 0.25) is 10.0 Å². The first-order chi connectivity index (χ1) is 12.9. The van der Waals surface area contributed by atoms with Crippen LogP contribution < -0.4 is 0 Å². The Morgan fingerprint density at radius 3 is 2.48 bits per heavy atom. The fourth-order valence-corrected chi connectivity index (χ4v) is 4.90. The Kier molecular flexibility index (Phi) is 4.58. The van der Waals surface area contributed by atoms with Gasteiger partial charge in [-0.2, -0.15) is 0 Å². The molecule has 138 valence electrons. The SMILES string of the molecule is O=C(c1ccc(Cl)cc1S(=O)(=O)c1cccc(Cl)c1)c1conc1C1CC1. The number of rotatable bonds is 5. The summed E-state index contributed by atoms with van der Waals surface area (Å²) in [5.41, 5.74) is 0.868. The molecule has 0 aliphatic heterocycles. The minimum absolute atomic E-state index is 0.0148. The summed E-state index contributed by atoms with van der Waals surface area (Å²) in [6.45, 7) is 0. The summed E-state index contributed by atoms with van der Waals surface area (Å²) < 4.78 is 31.3. The molecule has 0 amide bonds. The highest BCUT2D eigenvalue weighted by atomic mass is 35.5. The predicted octanol–water partition coefficient (Wildman–Crippen LogP) is 4.92. The number of sulfone groups is 1. The van der Waals surface area contributed by atoms with Gasteiger partial charge in [-0.3, -0.25) is 4.79 Å². The van der Waals surface area contributed by atoms with Crippen LogP contribution >= 0.6 is 23.2 Å². The van der Waals surface area contributed by atoms with E-state index in [9.17, 15) is 13.2 Å². The first-order valence-electron chi connectivity index (χ1n) is 8.17. The second-order valence-corrected chi connectivity index (χ2v) is 9.11. The molecule has 0 saturated heterocycles. The Bertz CT molecular complexity index is 1150. The van der Waals surface area contributed by atoms with Crippen LogP contribution in [0.3, 0.4) is 0 Å². The van der Waals surface area contributed by atoms with Crippen molar-refractivity contribution < 1.29 is 17.7 Å². The Hall–Kier alpha value is -2.15. The largest absolute Gasteiger partial charge is 0.364 e. The smallest absolute Gasteiger partial charge is 0.207 e. The second kappa shape index (κ2) is 6.78. The molecule has 1 aliphatic rings. The van der Waals surface area contributed by atoms with E-state index in [1.54, 1.807) is 6.07 Å². The van der Waals surface area contributed by atoms with E-state index in [1.807, 2.05) is 0 Å². The zero-order valence-corrected chi connectivity index (χ0v) is 16.2. The molecule has 2 aromatic carbocycles. The minimum Gasteiger partial charge on any atom is -0.364 e. The molecule has 1 aromatic heterocycles. The molecule has 8 heteroatoms. The van der Waals surface area contributed by atoms with E-state index >= 15 is 0 Å². The summed E-state index contributed by atoms with van der Waals surface area (Å²) >= 11 is 12.0. The van der Waals surface area contributed by atoms with Crippen molar-refractivity contribution in [3.63, 3.8) is 0 Å². The number of aromatic nitrogens is 1. The van der Waals surface area contributed by atoms with Gasteiger partial charge in [-0.05, 0) is 49.2 Å². The van der Waals surface area contributed by atoms with E-state index in [-0.39, 0.29) is 36.9 Å². The van der Waals surface area contributed by atoms with Crippen LogP contribution in [-0.4, -0.2) is 19.4 Å². The normalized spacial score (nSPS) is 14.3. The molecular weight excluding hydrogens is 409 g/mol. The van der Waals surface area contributed by atoms with Crippen molar-refractivity contribution in [1.82, 2.24) is 5.16 Å². The summed E-state index contributed by atoms with van der Waals surface area (Å²) in [6.07, 6.45) is 3.13. The quantitative estimate of drug-likeness (QED) is 0.546. The molecule has 1 fully saturated rings. The zero-order chi connectivity index (χ0) is 19.2. The van der Waals surface area contributed by atoms with Crippen LogP contribution in [0.25, 0.3) is 0 Å². The lowest BCUT2D eigenvalue weighted by atomic mass is 10.0. The third kappa shape index (κ3) is 3.40. The molecule has 5 nitrogen and oxygen atoms in total. The van der Waals surface area contributed by atoms with Crippen molar-refractivity contribution in [2.45, 2.75) is 28.6 Å². The van der Waals surface area contributed by atoms with E-state index in [2.05, 4.69) is 5.16 Å². The van der Waals surface area contributed by atoms with Gasteiger partial charge >= 0.3 is 0 Å². The maximum Gasteiger partial charge on any atom is 0.207 e. The van der Waals surface area contributed by atoms with E-state index in [0.29, 0.717) is 5.69 Å². The molecule has 4 rings (SSSR count). The number of halogens is 2. The maximum absolute atomic E-state index is 13.2. The lowest BCUT2D eigenvalue weighted by molar-refractivity contribution is 0.103. The maximum atomic E-state index is 13.2. The predicted molar refractivity (Wildman–Crippen MR) is 100 cm³/mol. The van der Waals surface area contributed by atoms with Crippen LogP contribution in [0.15, 0.2) is 63.0 Å². The van der Waals surface area contributed by atoms with Crippen LogP contribution in [0.1, 0.15) is 40.4 Å². The van der Waals surface area contributed by atoms with E-state index < -0.39 is 15.6 Å². The monoisotopic (exact) mass is 421 g/mol. The molecule has 0 unspecified atom stereocenters. The zero-order valence-electron chi connectivity index (χ0n) is 13.9. The van der Waals surface area contributed by atoms with Gasteiger partial charge in [0, 0.05) is 21.5 Å². The Morgan fingerprint density at radius 1 is 1.04 bits per heavy atom. The molecule has 3 aromatic rings. The summed E-state index contributed by atoms with van der Waals surface area (Å²) in [7, 11) is -4.01. The molecule has 1 heterocycles. The van der Waals surface area contributed by atoms with E-state index in [0.717, 1.165) is 12.8 Å². The molecular formula is C19H13Cl2NO4S. The third-order valence-corrected chi connectivity index (χ3v) is 6.65. The highest BCUT2D eigenvalue weighted by molar-refractivity contribution is 7.91. The number of hydrogen-bond acceptors (Lipinski definition) is 5. The minimum atomic E-state index is -4.01. The number of ketones is 1. The molecule has 1 saturated carbocycles. The topological polar surface area (TPSA) is 77.2 Å². The molecule has 0 radical (unpaired) electrons. The average Bonchev–Trinajstić information content (AvgIpc) is 3.37. The van der Waals surface area contributed by atoms with Gasteiger partial charge in [-0.25, -0.2) is 8.42 Å². The lowest BCUT2D eigenvalue weighted by Crippen LogP contribution is -2.12. The Labute approximate surface area is 165 Å². The Balaban J connectivity index is 1.86. The second-order valence-electron chi connectivity index (χ2n) is 6.32. The molecule has 0 N–H and O–H groups in total. The molecule has 0 bridgehead atoms. The van der Waals surface area contributed by atoms with Crippen LogP contribution in [-0.2, 0) is 9.84 Å². The number of benzene rings is 2. The van der Waals surface area contributed by atoms with Gasteiger partial charge in [0.1, 0.15) is 6.26 Å². The molecule has 1 aliphatic carbocycles. The van der Waals surface area contributed by atoms with Gasteiger partial charge in [0.25, 0.3) is 0 Å². The van der Waals surface area contributed by atoms with E-state index in [4.69, 9.17) is 27.7 Å². The van der Waals surface area contributed by atoms with Crippen molar-refractivity contribution in [3.8, 4) is 0 Å². The number of carbonyl (C=O) groups excluding carboxylic acids is 1. The van der Waals surface area contributed by atoms with Gasteiger partial charge in [-0.15, -0.1) is 0 Å². The van der Waals surface area contributed by atoms with Gasteiger partial charge in [0.2, 0.25) is 9.84 Å². The molecule has 0 spiro atoms. The van der Waals surface area contributed by atoms with Crippen molar-refractivity contribution in [3.05, 3.63) is 75.6 Å². The third-order valence-electron chi connectivity index (χ3n) is 4.39. The van der Waals surface area contributed by atoms with Crippen molar-refractivity contribution in [1.29, 1.82) is 0 Å². The first-order valence-corrected chi connectivity index (χ1v) is 10.4. The number of hydrogen-bond donors (Lipinski definition) is 0. The van der Waals surface area contributed by atoms with Crippen LogP contribution in [0.5, 0.6) is 0 Å². The standard InChI is InChI=1S/C19H13Cl2NO4S/c20-12-2-1-3-14(8-12)27(24,25)17-9-13(21)6-7-15(17)19(23)16-10-26-22-18(16)11-4-5-11/h1-3,6-11H,4-5H2. The van der Waals surface area contributed by atoms with Crippen molar-refractivity contribution in [2.24, 2.45) is 0 Å². The highest BCUT2D eigenvalue weighted by Gasteiger charge is 2.34. The average molecular weight is 422 g/mol. The fourth-order valence-electron chi connectivity index (χ4n) is 2.88. The van der Waals surface area contributed by atoms with Gasteiger partial charge in [0.05, 0.1) is 21.0 Å². The highest BCUT2D eigenvalue weighted by Crippen LogP contribution is 2.41. The lowest BCUT2D eigenvalue weighted by Gasteiger charge is -2.11. The number of carbonyl (C=O) groups is 1. The fraction of sp³-hybridized carbons (Fsp3) is 0.158. The van der Waals surface area contributed by atoms with Gasteiger partial charge < -0.3 is 4.52 Å². The first kappa shape index (κ1) is 18.2. The summed E-state index contributed by atoms with van der Waals surface area (Å²) in [4.78, 5) is 12.9. The van der Waals surface area contributed by atoms with E-state index in [1.165, 1.54) is 42.7 Å². The summed E-state index contributed by atoms with van der Waals surface area (Å²) in [5, 5.41) is 4.40. The Morgan fingerprint density at radius 2 is 1.78 bits per heavy atom. The molecule has 0 atom stereocenters. The van der Waals surface area contributed by atoms with Crippen LogP contribution in [0, 0.1) is 0 Å². The van der Waals surface area contributed by atoms with Crippen molar-refractivity contribution >= 4 is 38.8 Å². The van der Waals surface area contributed by atoms with Crippen LogP contribution in [0.4, 0.5) is 0 Å². The van der Waals surface area contributed by atoms with Gasteiger partial charge in [-0.1, -0.05) is 34.4 Å². The van der Waals surface area contributed by atoms with Gasteiger partial charge in [0.15, 0.2) is 5.78 Å². The molecule has 27 heavy (non-hydrogen) atoms. The summed E-state index contributed by atoms with van der Waals surface area (Å²) in [6, 6.07) is 10.0.